The van der Waals surface area contributed by atoms with Gasteiger partial charge in [0.25, 0.3) is 0 Å². The number of piperidine rings is 1. The lowest BCUT2D eigenvalue weighted by Gasteiger charge is -2.43. The van der Waals surface area contributed by atoms with Crippen molar-refractivity contribution in [2.24, 2.45) is 5.92 Å². The Morgan fingerprint density at radius 1 is 1.15 bits per heavy atom. The summed E-state index contributed by atoms with van der Waals surface area (Å²) in [4.78, 5) is 29.4. The van der Waals surface area contributed by atoms with Crippen LogP contribution in [0.1, 0.15) is 59.3 Å². The van der Waals surface area contributed by atoms with Crippen molar-refractivity contribution < 1.29 is 28.6 Å². The van der Waals surface area contributed by atoms with Crippen LogP contribution in [0.3, 0.4) is 0 Å². The molecule has 0 saturated carbocycles. The second-order valence-corrected chi connectivity index (χ2v) is 11.0. The highest BCUT2D eigenvalue weighted by atomic mass is 19.1. The van der Waals surface area contributed by atoms with Gasteiger partial charge in [-0.2, -0.15) is 0 Å². The maximum atomic E-state index is 13.8. The summed E-state index contributed by atoms with van der Waals surface area (Å²) >= 11 is 0. The largest absolute Gasteiger partial charge is 0.444 e. The van der Waals surface area contributed by atoms with E-state index in [9.17, 15) is 19.1 Å². The van der Waals surface area contributed by atoms with E-state index in [1.54, 1.807) is 17.1 Å². The molecule has 2 bridgehead atoms. The first kappa shape index (κ1) is 24.9. The lowest BCUT2D eigenvalue weighted by atomic mass is 9.84. The molecule has 0 aromatic heterocycles. The van der Waals surface area contributed by atoms with Gasteiger partial charge in [0.15, 0.2) is 0 Å². The summed E-state index contributed by atoms with van der Waals surface area (Å²) in [6.07, 6.45) is 8.52. The van der Waals surface area contributed by atoms with Gasteiger partial charge in [-0.05, 0) is 82.8 Å². The first-order chi connectivity index (χ1) is 16.0. The molecule has 1 N–H and O–H groups in total. The Kier molecular flexibility index (Phi) is 7.20. The Morgan fingerprint density at radius 3 is 2.59 bits per heavy atom. The van der Waals surface area contributed by atoms with Crippen molar-refractivity contribution in [3.63, 3.8) is 0 Å². The molecule has 0 aromatic rings. The summed E-state index contributed by atoms with van der Waals surface area (Å²) < 4.78 is 25.7. The normalized spacial score (nSPS) is 29.5. The van der Waals surface area contributed by atoms with Gasteiger partial charge >= 0.3 is 6.09 Å². The molecule has 1 aliphatic carbocycles. The zero-order chi connectivity index (χ0) is 24.5. The molecule has 8 heteroatoms. The maximum Gasteiger partial charge on any atom is 0.410 e. The molecule has 0 aromatic carbocycles. The molecular formula is C26H37FN2O5. The van der Waals surface area contributed by atoms with Crippen molar-refractivity contribution in [2.45, 2.75) is 82.7 Å². The van der Waals surface area contributed by atoms with E-state index in [0.717, 1.165) is 12.8 Å². The van der Waals surface area contributed by atoms with E-state index >= 15 is 0 Å². The van der Waals surface area contributed by atoms with Crippen molar-refractivity contribution >= 4 is 12.0 Å². The number of hydrogen-bond donors (Lipinski definition) is 1. The zero-order valence-corrected chi connectivity index (χ0v) is 20.5. The van der Waals surface area contributed by atoms with Gasteiger partial charge in [-0.15, -0.1) is 0 Å². The van der Waals surface area contributed by atoms with Gasteiger partial charge < -0.3 is 24.4 Å². The molecular weight excluding hydrogens is 439 g/mol. The Hall–Kier alpha value is -2.19. The predicted octanol–water partition coefficient (Wildman–Crippen LogP) is 3.88. The number of amides is 2. The van der Waals surface area contributed by atoms with Crippen LogP contribution in [0, 0.1) is 5.92 Å². The third-order valence-electron chi connectivity index (χ3n) is 7.16. The summed E-state index contributed by atoms with van der Waals surface area (Å²) in [6, 6.07) is 0. The number of aliphatic hydroxyl groups excluding tert-OH is 1. The highest BCUT2D eigenvalue weighted by Gasteiger charge is 2.43. The van der Waals surface area contributed by atoms with Crippen LogP contribution in [0.2, 0.25) is 0 Å². The van der Waals surface area contributed by atoms with E-state index in [-0.39, 0.29) is 29.8 Å². The average Bonchev–Trinajstić information content (AvgIpc) is 3.16. The number of allylic oxidation sites excluding steroid dienone is 2. The predicted molar refractivity (Wildman–Crippen MR) is 126 cm³/mol. The molecule has 188 valence electrons. The fraction of sp³-hybridized carbons (Fsp3) is 0.692. The van der Waals surface area contributed by atoms with Crippen LogP contribution in [0.4, 0.5) is 9.18 Å². The first-order valence-electron chi connectivity index (χ1n) is 12.4. The summed E-state index contributed by atoms with van der Waals surface area (Å²) in [6.45, 7) is 7.81. The summed E-state index contributed by atoms with van der Waals surface area (Å²) in [5, 5.41) is 10.7. The molecule has 3 heterocycles. The second-order valence-electron chi connectivity index (χ2n) is 11.0. The number of fused-ring (bicyclic) bond motifs is 1. The van der Waals surface area contributed by atoms with Crippen LogP contribution in [-0.4, -0.2) is 76.5 Å². The highest BCUT2D eigenvalue weighted by molar-refractivity contribution is 5.79. The number of carbonyl (C=O) groups excluding carboxylic acids is 2. The number of rotatable bonds is 1. The van der Waals surface area contributed by atoms with Gasteiger partial charge in [0, 0.05) is 38.5 Å². The zero-order valence-electron chi connectivity index (χ0n) is 20.5. The smallest absolute Gasteiger partial charge is 0.410 e. The van der Waals surface area contributed by atoms with Gasteiger partial charge in [-0.1, -0.05) is 0 Å². The molecule has 3 aliphatic heterocycles. The van der Waals surface area contributed by atoms with Crippen LogP contribution in [-0.2, 0) is 14.3 Å². The molecule has 2 amide bonds. The molecule has 7 nitrogen and oxygen atoms in total. The molecule has 4 aliphatic rings. The van der Waals surface area contributed by atoms with Gasteiger partial charge in [-0.25, -0.2) is 9.18 Å². The molecule has 0 radical (unpaired) electrons. The average molecular weight is 477 g/mol. The minimum atomic E-state index is -0.793. The molecule has 1 spiro atoms. The number of hydrogen-bond acceptors (Lipinski definition) is 5. The van der Waals surface area contributed by atoms with Crippen LogP contribution in [0.5, 0.6) is 0 Å². The fourth-order valence-electron chi connectivity index (χ4n) is 5.34. The van der Waals surface area contributed by atoms with Crippen molar-refractivity contribution in [3.8, 4) is 0 Å². The number of likely N-dealkylation sites (tertiary alicyclic amines) is 2. The SMILES string of the molecule is CC(C)(C)OC(=O)N1CCCC(C(=O)N2CCC3(CC2)CC(O)C2=CC(C=CC(F)=C2)O3)CC1. The van der Waals surface area contributed by atoms with Gasteiger partial charge in [0.05, 0.1) is 17.8 Å². The van der Waals surface area contributed by atoms with Gasteiger partial charge in [0.2, 0.25) is 5.91 Å². The third kappa shape index (κ3) is 5.89. The summed E-state index contributed by atoms with van der Waals surface area (Å²) in [5.41, 5.74) is -0.525. The van der Waals surface area contributed by atoms with Crippen molar-refractivity contribution in [1.82, 2.24) is 9.80 Å². The molecule has 2 saturated heterocycles. The van der Waals surface area contributed by atoms with Crippen molar-refractivity contribution in [1.29, 1.82) is 0 Å². The van der Waals surface area contributed by atoms with E-state index in [4.69, 9.17) is 9.47 Å². The summed E-state index contributed by atoms with van der Waals surface area (Å²) in [7, 11) is 0. The molecule has 2 fully saturated rings. The van der Waals surface area contributed by atoms with E-state index in [1.165, 1.54) is 12.2 Å². The number of ether oxygens (including phenoxy) is 2. The molecule has 34 heavy (non-hydrogen) atoms. The number of halogens is 1. The minimum absolute atomic E-state index is 0.107. The highest BCUT2D eigenvalue weighted by Crippen LogP contribution is 2.38. The maximum absolute atomic E-state index is 13.8. The van der Waals surface area contributed by atoms with E-state index < -0.39 is 17.3 Å². The molecule has 3 atom stereocenters. The number of nitrogens with zero attached hydrogens (tertiary/aromatic N) is 2. The van der Waals surface area contributed by atoms with Crippen LogP contribution >= 0.6 is 0 Å². The monoisotopic (exact) mass is 476 g/mol. The molecule has 3 unspecified atom stereocenters. The van der Waals surface area contributed by atoms with E-state index in [0.29, 0.717) is 57.4 Å². The van der Waals surface area contributed by atoms with Crippen molar-refractivity contribution in [2.75, 3.05) is 26.2 Å². The van der Waals surface area contributed by atoms with Gasteiger partial charge in [0.1, 0.15) is 11.4 Å². The molecule has 4 rings (SSSR count). The number of aliphatic hydroxyl groups is 1. The van der Waals surface area contributed by atoms with E-state index in [1.807, 2.05) is 25.7 Å². The Morgan fingerprint density at radius 2 is 1.88 bits per heavy atom. The van der Waals surface area contributed by atoms with Crippen LogP contribution in [0.15, 0.2) is 35.7 Å². The quantitative estimate of drug-likeness (QED) is 0.621. The lowest BCUT2D eigenvalue weighted by Crippen LogP contribution is -2.51. The lowest BCUT2D eigenvalue weighted by molar-refractivity contribution is -0.146. The third-order valence-corrected chi connectivity index (χ3v) is 7.16. The van der Waals surface area contributed by atoms with E-state index in [2.05, 4.69) is 0 Å². The topological polar surface area (TPSA) is 79.3 Å². The van der Waals surface area contributed by atoms with Crippen molar-refractivity contribution in [3.05, 3.63) is 35.7 Å². The van der Waals surface area contributed by atoms with Crippen LogP contribution in [0.25, 0.3) is 0 Å². The Labute approximate surface area is 201 Å². The minimum Gasteiger partial charge on any atom is -0.444 e. The Balaban J connectivity index is 1.33. The van der Waals surface area contributed by atoms with Gasteiger partial charge in [-0.3, -0.25) is 4.79 Å². The second kappa shape index (κ2) is 9.82. The summed E-state index contributed by atoms with van der Waals surface area (Å²) in [5.74, 6) is -0.359. The fourth-order valence-corrected chi connectivity index (χ4v) is 5.34. The number of carbonyl (C=O) groups is 2. The van der Waals surface area contributed by atoms with Crippen LogP contribution < -0.4 is 0 Å². The first-order valence-corrected chi connectivity index (χ1v) is 12.4. The standard InChI is InChI=1S/C26H37FN2O5/c1-25(2,3)34-24(32)29-11-4-5-18(8-12-29)23(31)28-13-9-26(10-14-28)17-22(30)19-15-20(27)6-7-21(16-19)33-26/h6-7,15-16,18,21-22,30H,4-5,8-14,17H2,1-3H3. The Bertz CT molecular complexity index is 882.